The van der Waals surface area contributed by atoms with Crippen LogP contribution in [0.2, 0.25) is 5.02 Å². The number of carbonyl (C=O) groups is 1. The van der Waals surface area contributed by atoms with Crippen LogP contribution in [-0.4, -0.2) is 30.5 Å². The molecule has 0 radical (unpaired) electrons. The van der Waals surface area contributed by atoms with Gasteiger partial charge >= 0.3 is 0 Å². The molecule has 0 saturated carbocycles. The minimum atomic E-state index is -0.166. The van der Waals surface area contributed by atoms with Gasteiger partial charge in [0.2, 0.25) is 0 Å². The van der Waals surface area contributed by atoms with Crippen molar-refractivity contribution >= 4 is 42.3 Å². The molecule has 0 fully saturated rings. The van der Waals surface area contributed by atoms with Crippen molar-refractivity contribution in [3.8, 4) is 0 Å². The van der Waals surface area contributed by atoms with Gasteiger partial charge in [-0.1, -0.05) is 23.3 Å². The van der Waals surface area contributed by atoms with Crippen molar-refractivity contribution < 1.29 is 4.79 Å². The van der Waals surface area contributed by atoms with Crippen LogP contribution in [0.1, 0.15) is 16.9 Å². The zero-order valence-electron chi connectivity index (χ0n) is 10.2. The maximum Gasteiger partial charge on any atom is 0.270 e. The van der Waals surface area contributed by atoms with Crippen LogP contribution in [0.3, 0.4) is 0 Å². The van der Waals surface area contributed by atoms with Crippen molar-refractivity contribution in [1.29, 1.82) is 0 Å². The Labute approximate surface area is 129 Å². The summed E-state index contributed by atoms with van der Waals surface area (Å²) >= 11 is 5.70. The Balaban J connectivity index is 0.00000162. The largest absolute Gasteiger partial charge is 0.347 e. The lowest BCUT2D eigenvalue weighted by molar-refractivity contribution is 0.0951. The summed E-state index contributed by atoms with van der Waals surface area (Å²) in [6.07, 6.45) is 4.56. The Bertz CT molecular complexity index is 434. The van der Waals surface area contributed by atoms with E-state index in [9.17, 15) is 4.79 Å². The van der Waals surface area contributed by atoms with E-state index in [1.807, 2.05) is 0 Å². The highest BCUT2D eigenvalue weighted by Gasteiger charge is 2.08. The van der Waals surface area contributed by atoms with Crippen LogP contribution in [0.4, 0.5) is 0 Å². The maximum absolute atomic E-state index is 11.7. The predicted octanol–water partition coefficient (Wildman–Crippen LogP) is 2.23. The Morgan fingerprint density at radius 3 is 2.79 bits per heavy atom. The van der Waals surface area contributed by atoms with Crippen LogP contribution in [-0.2, 0) is 0 Å². The fraction of sp³-hybridized carbons (Fsp3) is 0.333. The predicted molar refractivity (Wildman–Crippen MR) is 81.6 cm³/mol. The van der Waals surface area contributed by atoms with E-state index in [0.717, 1.165) is 19.5 Å². The molecule has 7 heteroatoms. The molecule has 4 nitrogen and oxygen atoms in total. The summed E-state index contributed by atoms with van der Waals surface area (Å²) in [4.78, 5) is 15.7. The van der Waals surface area contributed by atoms with Crippen LogP contribution in [0, 0.1) is 0 Å². The molecule has 0 atom stereocenters. The molecule has 2 N–H and O–H groups in total. The molecule has 0 saturated heterocycles. The number of amides is 1. The first-order valence-electron chi connectivity index (χ1n) is 5.54. The second-order valence-electron chi connectivity index (χ2n) is 3.86. The van der Waals surface area contributed by atoms with E-state index in [1.54, 1.807) is 12.1 Å². The molecule has 106 valence electrons. The summed E-state index contributed by atoms with van der Waals surface area (Å²) in [6.45, 7) is 2.44. The molecule has 2 heterocycles. The van der Waals surface area contributed by atoms with Crippen LogP contribution in [0.15, 0.2) is 30.0 Å². The van der Waals surface area contributed by atoms with Gasteiger partial charge in [0.25, 0.3) is 5.91 Å². The second-order valence-corrected chi connectivity index (χ2v) is 4.30. The Morgan fingerprint density at radius 2 is 2.21 bits per heavy atom. The van der Waals surface area contributed by atoms with Gasteiger partial charge in [-0.25, -0.2) is 4.98 Å². The highest BCUT2D eigenvalue weighted by molar-refractivity contribution is 6.30. The third-order valence-electron chi connectivity index (χ3n) is 2.59. The lowest BCUT2D eigenvalue weighted by Crippen LogP contribution is -2.30. The van der Waals surface area contributed by atoms with Gasteiger partial charge in [-0.2, -0.15) is 0 Å². The molecule has 2 rings (SSSR count). The molecule has 0 spiro atoms. The monoisotopic (exact) mass is 323 g/mol. The smallest absolute Gasteiger partial charge is 0.270 e. The third-order valence-corrected chi connectivity index (χ3v) is 2.82. The van der Waals surface area contributed by atoms with E-state index in [0.29, 0.717) is 17.3 Å². The number of nitrogens with zero attached hydrogens (tertiary/aromatic N) is 1. The van der Waals surface area contributed by atoms with E-state index < -0.39 is 0 Å². The normalized spacial score (nSPS) is 13.6. The van der Waals surface area contributed by atoms with Crippen LogP contribution in [0.5, 0.6) is 0 Å². The molecule has 1 aliphatic heterocycles. The first kappa shape index (κ1) is 18.2. The number of rotatable bonds is 3. The van der Waals surface area contributed by atoms with Gasteiger partial charge in [-0.15, -0.1) is 24.8 Å². The zero-order chi connectivity index (χ0) is 12.1. The van der Waals surface area contributed by atoms with E-state index in [4.69, 9.17) is 11.6 Å². The molecule has 1 amide bonds. The Hall–Kier alpha value is -0.810. The van der Waals surface area contributed by atoms with Crippen molar-refractivity contribution in [2.45, 2.75) is 6.42 Å². The molecule has 1 aromatic heterocycles. The minimum absolute atomic E-state index is 0. The summed E-state index contributed by atoms with van der Waals surface area (Å²) in [5.74, 6) is -0.166. The summed E-state index contributed by atoms with van der Waals surface area (Å²) in [7, 11) is 0. The van der Waals surface area contributed by atoms with Crippen LogP contribution < -0.4 is 10.6 Å². The van der Waals surface area contributed by atoms with Crippen molar-refractivity contribution in [2.75, 3.05) is 19.6 Å². The summed E-state index contributed by atoms with van der Waals surface area (Å²) in [6, 6.07) is 3.28. The van der Waals surface area contributed by atoms with E-state index in [1.165, 1.54) is 11.8 Å². The van der Waals surface area contributed by atoms with Gasteiger partial charge in [-0.05, 0) is 25.1 Å². The van der Waals surface area contributed by atoms with Gasteiger partial charge < -0.3 is 10.6 Å². The van der Waals surface area contributed by atoms with E-state index >= 15 is 0 Å². The highest BCUT2D eigenvalue weighted by Crippen LogP contribution is 2.06. The van der Waals surface area contributed by atoms with Gasteiger partial charge in [0, 0.05) is 19.3 Å². The average Bonchev–Trinajstić information content (AvgIpc) is 2.38. The summed E-state index contributed by atoms with van der Waals surface area (Å²) in [5.41, 5.74) is 1.65. The Kier molecular flexibility index (Phi) is 8.76. The molecule has 1 aliphatic rings. The van der Waals surface area contributed by atoms with E-state index in [-0.39, 0.29) is 30.7 Å². The molecule has 0 aliphatic carbocycles. The number of hydrogen-bond acceptors (Lipinski definition) is 3. The fourth-order valence-electron chi connectivity index (χ4n) is 1.62. The van der Waals surface area contributed by atoms with Gasteiger partial charge in [-0.3, -0.25) is 4.79 Å². The van der Waals surface area contributed by atoms with Crippen molar-refractivity contribution in [1.82, 2.24) is 15.6 Å². The third kappa shape index (κ3) is 5.78. The molecule has 0 unspecified atom stereocenters. The van der Waals surface area contributed by atoms with Crippen molar-refractivity contribution in [3.05, 3.63) is 40.7 Å². The fourth-order valence-corrected chi connectivity index (χ4v) is 1.74. The van der Waals surface area contributed by atoms with Gasteiger partial charge in [0.1, 0.15) is 5.69 Å². The SMILES string of the molecule is Cl.Cl.O=C(NCC1=CCNCC1)c1ccc(Cl)cn1. The standard InChI is InChI=1S/C12H14ClN3O.2ClH/c13-10-1-2-11(15-8-10)12(17)16-7-9-3-5-14-6-4-9;;/h1-3,8,14H,4-7H2,(H,16,17);2*1H. The number of pyridine rings is 1. The number of carbonyl (C=O) groups excluding carboxylic acids is 1. The maximum atomic E-state index is 11.7. The first-order chi connectivity index (χ1) is 8.25. The van der Waals surface area contributed by atoms with Crippen LogP contribution >= 0.6 is 36.4 Å². The average molecular weight is 325 g/mol. The highest BCUT2D eigenvalue weighted by atomic mass is 35.5. The molecule has 19 heavy (non-hydrogen) atoms. The van der Waals surface area contributed by atoms with Crippen molar-refractivity contribution in [3.63, 3.8) is 0 Å². The molecule has 0 bridgehead atoms. The van der Waals surface area contributed by atoms with Gasteiger partial charge in [0.15, 0.2) is 0 Å². The number of nitrogens with one attached hydrogen (secondary N) is 2. The lowest BCUT2D eigenvalue weighted by atomic mass is 10.1. The number of hydrogen-bond donors (Lipinski definition) is 2. The van der Waals surface area contributed by atoms with E-state index in [2.05, 4.69) is 21.7 Å². The Morgan fingerprint density at radius 1 is 1.42 bits per heavy atom. The summed E-state index contributed by atoms with van der Waals surface area (Å²) in [5, 5.41) is 6.60. The van der Waals surface area contributed by atoms with Crippen molar-refractivity contribution in [2.24, 2.45) is 0 Å². The van der Waals surface area contributed by atoms with Crippen LogP contribution in [0.25, 0.3) is 0 Å². The molecule has 1 aromatic rings. The zero-order valence-corrected chi connectivity index (χ0v) is 12.6. The quantitative estimate of drug-likeness (QED) is 0.838. The number of aromatic nitrogens is 1. The summed E-state index contributed by atoms with van der Waals surface area (Å²) < 4.78 is 0. The number of halogens is 3. The molecular formula is C12H16Cl3N3O. The topological polar surface area (TPSA) is 54.0 Å². The molecule has 0 aromatic carbocycles. The molecular weight excluding hydrogens is 309 g/mol. The van der Waals surface area contributed by atoms with Gasteiger partial charge in [0.05, 0.1) is 5.02 Å². The minimum Gasteiger partial charge on any atom is -0.347 e. The lowest BCUT2D eigenvalue weighted by Gasteiger charge is -2.14. The first-order valence-corrected chi connectivity index (χ1v) is 5.92. The second kappa shape index (κ2) is 9.15.